The molecule has 0 spiro atoms. The van der Waals surface area contributed by atoms with Gasteiger partial charge in [0.2, 0.25) is 0 Å². The molecule has 0 atom stereocenters. The van der Waals surface area contributed by atoms with Gasteiger partial charge in [-0.1, -0.05) is 58.0 Å². The van der Waals surface area contributed by atoms with Crippen LogP contribution in [0.1, 0.15) is 10.4 Å². The quantitative estimate of drug-likeness (QED) is 0.632. The van der Waals surface area contributed by atoms with Gasteiger partial charge in [0.15, 0.2) is 6.61 Å². The molecule has 0 radical (unpaired) electrons. The first kappa shape index (κ1) is 19.2. The van der Waals surface area contributed by atoms with Crippen LogP contribution in [0.25, 0.3) is 0 Å². The van der Waals surface area contributed by atoms with Gasteiger partial charge >= 0.3 is 5.97 Å². The van der Waals surface area contributed by atoms with Crippen molar-refractivity contribution < 1.29 is 14.3 Å². The van der Waals surface area contributed by atoms with Crippen LogP contribution in [0.3, 0.4) is 0 Å². The number of carbonyl (C=O) groups excluding carboxylic acids is 2. The minimum absolute atomic E-state index is 0.128. The van der Waals surface area contributed by atoms with E-state index in [0.29, 0.717) is 5.02 Å². The maximum atomic E-state index is 11.9. The third-order valence-electron chi connectivity index (χ3n) is 2.70. The van der Waals surface area contributed by atoms with Crippen molar-refractivity contribution in [3.8, 4) is 0 Å². The zero-order chi connectivity index (χ0) is 17.9. The SMILES string of the molecule is O=C(COC(=O)c1cc(Cl)cc(Cl)c1)Nc1c(Cl)cc(Cl)cc1Cl. The molecule has 9 heteroatoms. The Kier molecular flexibility index (Phi) is 6.61. The summed E-state index contributed by atoms with van der Waals surface area (Å²) in [6.07, 6.45) is 0. The van der Waals surface area contributed by atoms with E-state index < -0.39 is 18.5 Å². The van der Waals surface area contributed by atoms with E-state index in [1.807, 2.05) is 0 Å². The van der Waals surface area contributed by atoms with Crippen LogP contribution in [0.5, 0.6) is 0 Å². The van der Waals surface area contributed by atoms with Crippen molar-refractivity contribution in [1.82, 2.24) is 0 Å². The maximum absolute atomic E-state index is 11.9. The van der Waals surface area contributed by atoms with E-state index in [0.717, 1.165) is 0 Å². The zero-order valence-corrected chi connectivity index (χ0v) is 15.5. The first-order valence-corrected chi connectivity index (χ1v) is 8.23. The van der Waals surface area contributed by atoms with Crippen LogP contribution in [0.4, 0.5) is 5.69 Å². The van der Waals surface area contributed by atoms with Gasteiger partial charge in [-0.05, 0) is 30.3 Å². The van der Waals surface area contributed by atoms with E-state index in [1.165, 1.54) is 30.3 Å². The third kappa shape index (κ3) is 5.16. The Balaban J connectivity index is 2.00. The second-order valence-electron chi connectivity index (χ2n) is 4.53. The average Bonchev–Trinajstić information content (AvgIpc) is 2.47. The van der Waals surface area contributed by atoms with E-state index >= 15 is 0 Å². The molecular formula is C15H8Cl5NO3. The van der Waals surface area contributed by atoms with Crippen LogP contribution < -0.4 is 5.32 Å². The normalized spacial score (nSPS) is 10.4. The molecule has 0 saturated carbocycles. The molecule has 0 heterocycles. The van der Waals surface area contributed by atoms with Gasteiger partial charge < -0.3 is 10.1 Å². The molecular weight excluding hydrogens is 419 g/mol. The second-order valence-corrected chi connectivity index (χ2v) is 6.65. The Morgan fingerprint density at radius 1 is 0.833 bits per heavy atom. The summed E-state index contributed by atoms with van der Waals surface area (Å²) in [7, 11) is 0. The topological polar surface area (TPSA) is 55.4 Å². The minimum Gasteiger partial charge on any atom is -0.452 e. The number of amides is 1. The molecule has 0 aliphatic rings. The molecule has 4 nitrogen and oxygen atoms in total. The van der Waals surface area contributed by atoms with Crippen LogP contribution in [0, 0.1) is 0 Å². The Bertz CT molecular complexity index is 766. The lowest BCUT2D eigenvalue weighted by atomic mass is 10.2. The van der Waals surface area contributed by atoms with Gasteiger partial charge in [0.1, 0.15) is 0 Å². The number of halogens is 5. The lowest BCUT2D eigenvalue weighted by Crippen LogP contribution is -2.21. The largest absolute Gasteiger partial charge is 0.452 e. The number of benzene rings is 2. The summed E-state index contributed by atoms with van der Waals surface area (Å²) in [4.78, 5) is 23.8. The Hall–Kier alpha value is -1.17. The first-order chi connectivity index (χ1) is 11.3. The summed E-state index contributed by atoms with van der Waals surface area (Å²) in [5.74, 6) is -1.37. The predicted octanol–water partition coefficient (Wildman–Crippen LogP) is 5.75. The molecule has 0 aliphatic heterocycles. The highest BCUT2D eigenvalue weighted by molar-refractivity contribution is 6.42. The molecule has 0 fully saturated rings. The van der Waals surface area contributed by atoms with Crippen molar-refractivity contribution in [3.63, 3.8) is 0 Å². The van der Waals surface area contributed by atoms with Gasteiger partial charge in [-0.15, -0.1) is 0 Å². The van der Waals surface area contributed by atoms with Gasteiger partial charge in [-0.2, -0.15) is 0 Å². The number of nitrogens with one attached hydrogen (secondary N) is 1. The number of esters is 1. The lowest BCUT2D eigenvalue weighted by Gasteiger charge is -2.10. The summed E-state index contributed by atoms with van der Waals surface area (Å²) in [6.45, 7) is -0.543. The summed E-state index contributed by atoms with van der Waals surface area (Å²) in [5, 5.41) is 3.65. The molecule has 2 aromatic carbocycles. The third-order valence-corrected chi connectivity index (χ3v) is 3.95. The number of anilines is 1. The number of hydrogen-bond acceptors (Lipinski definition) is 3. The van der Waals surface area contributed by atoms with E-state index in [2.05, 4.69) is 5.32 Å². The van der Waals surface area contributed by atoms with Gasteiger partial charge in [0, 0.05) is 15.1 Å². The molecule has 0 bridgehead atoms. The van der Waals surface area contributed by atoms with E-state index in [4.69, 9.17) is 62.7 Å². The van der Waals surface area contributed by atoms with Crippen molar-refractivity contribution in [2.45, 2.75) is 0 Å². The van der Waals surface area contributed by atoms with Crippen molar-refractivity contribution in [2.75, 3.05) is 11.9 Å². The van der Waals surface area contributed by atoms with Crippen molar-refractivity contribution >= 4 is 75.6 Å². The summed E-state index contributed by atoms with van der Waals surface area (Å²) in [5.41, 5.74) is 0.303. The molecule has 126 valence electrons. The Labute approximate surface area is 162 Å². The Morgan fingerprint density at radius 3 is 1.88 bits per heavy atom. The molecule has 1 amide bonds. The highest BCUT2D eigenvalue weighted by Crippen LogP contribution is 2.33. The molecule has 0 aliphatic carbocycles. The van der Waals surface area contributed by atoms with Crippen LogP contribution in [-0.4, -0.2) is 18.5 Å². The maximum Gasteiger partial charge on any atom is 0.338 e. The highest BCUT2D eigenvalue weighted by Gasteiger charge is 2.15. The van der Waals surface area contributed by atoms with Crippen molar-refractivity contribution in [1.29, 1.82) is 0 Å². The van der Waals surface area contributed by atoms with Crippen molar-refractivity contribution in [2.24, 2.45) is 0 Å². The average molecular weight is 427 g/mol. The number of hydrogen-bond donors (Lipinski definition) is 1. The number of rotatable bonds is 4. The number of ether oxygens (including phenoxy) is 1. The van der Waals surface area contributed by atoms with Gasteiger partial charge in [-0.25, -0.2) is 4.79 Å². The van der Waals surface area contributed by atoms with Crippen LogP contribution in [0.2, 0.25) is 25.1 Å². The summed E-state index contributed by atoms with van der Waals surface area (Å²) in [6, 6.07) is 7.06. The van der Waals surface area contributed by atoms with E-state index in [9.17, 15) is 9.59 Å². The van der Waals surface area contributed by atoms with Crippen LogP contribution in [-0.2, 0) is 9.53 Å². The van der Waals surface area contributed by atoms with E-state index in [1.54, 1.807) is 0 Å². The molecule has 0 aromatic heterocycles. The predicted molar refractivity (Wildman–Crippen MR) is 96.8 cm³/mol. The highest BCUT2D eigenvalue weighted by atomic mass is 35.5. The molecule has 0 unspecified atom stereocenters. The molecule has 1 N–H and O–H groups in total. The minimum atomic E-state index is -0.747. The fourth-order valence-corrected chi connectivity index (χ4v) is 3.16. The summed E-state index contributed by atoms with van der Waals surface area (Å²) < 4.78 is 4.90. The first-order valence-electron chi connectivity index (χ1n) is 6.34. The standard InChI is InChI=1S/C15H8Cl5NO3/c16-8-1-7(2-9(17)3-8)15(23)24-6-13(22)21-14-11(19)4-10(18)5-12(14)20/h1-5H,6H2,(H,21,22). The zero-order valence-electron chi connectivity index (χ0n) is 11.7. The Morgan fingerprint density at radius 2 is 1.33 bits per heavy atom. The van der Waals surface area contributed by atoms with Crippen LogP contribution in [0.15, 0.2) is 30.3 Å². The smallest absolute Gasteiger partial charge is 0.338 e. The molecule has 2 aromatic rings. The van der Waals surface area contributed by atoms with Gasteiger partial charge in [0.25, 0.3) is 5.91 Å². The molecule has 24 heavy (non-hydrogen) atoms. The van der Waals surface area contributed by atoms with Gasteiger partial charge in [-0.3, -0.25) is 4.79 Å². The second kappa shape index (κ2) is 8.28. The van der Waals surface area contributed by atoms with Crippen LogP contribution >= 0.6 is 58.0 Å². The molecule has 2 rings (SSSR count). The molecule has 0 saturated heterocycles. The van der Waals surface area contributed by atoms with E-state index in [-0.39, 0.29) is 31.3 Å². The fraction of sp³-hybridized carbons (Fsp3) is 0.0667. The summed E-state index contributed by atoms with van der Waals surface area (Å²) >= 11 is 29.3. The fourth-order valence-electron chi connectivity index (χ4n) is 1.72. The lowest BCUT2D eigenvalue weighted by molar-refractivity contribution is -0.119. The van der Waals surface area contributed by atoms with Crippen molar-refractivity contribution in [3.05, 3.63) is 61.0 Å². The number of carbonyl (C=O) groups is 2. The monoisotopic (exact) mass is 425 g/mol. The van der Waals surface area contributed by atoms with Gasteiger partial charge in [0.05, 0.1) is 21.3 Å².